The molecule has 1 N–H and O–H groups in total. The number of aromatic carboxylic acids is 1. The topological polar surface area (TPSA) is 50.2 Å². The summed E-state index contributed by atoms with van der Waals surface area (Å²) in [5.74, 6) is -2.08. The quantitative estimate of drug-likeness (QED) is 0.874. The Bertz CT molecular complexity index is 654. The summed E-state index contributed by atoms with van der Waals surface area (Å²) in [6.07, 6.45) is 1.58. The van der Waals surface area contributed by atoms with Crippen LogP contribution in [-0.4, -0.2) is 16.1 Å². The second-order valence-corrected chi connectivity index (χ2v) is 5.87. The molecule has 0 atom stereocenters. The average Bonchev–Trinajstić information content (AvgIpc) is 2.34. The molecule has 7 heteroatoms. The van der Waals surface area contributed by atoms with Gasteiger partial charge in [0.1, 0.15) is 10.8 Å². The first kappa shape index (κ1) is 14.3. The molecule has 0 spiro atoms. The van der Waals surface area contributed by atoms with Crippen molar-refractivity contribution in [3.05, 3.63) is 51.3 Å². The number of halogens is 3. The van der Waals surface area contributed by atoms with Gasteiger partial charge in [0.2, 0.25) is 0 Å². The van der Waals surface area contributed by atoms with E-state index in [0.717, 1.165) is 10.5 Å². The maximum Gasteiger partial charge on any atom is 0.338 e. The zero-order chi connectivity index (χ0) is 14.0. The Morgan fingerprint density at radius 1 is 1.42 bits per heavy atom. The van der Waals surface area contributed by atoms with E-state index >= 15 is 0 Å². The van der Waals surface area contributed by atoms with Crippen molar-refractivity contribution in [3.8, 4) is 0 Å². The molecule has 0 aliphatic heterocycles. The molecule has 0 aliphatic carbocycles. The third kappa shape index (κ3) is 3.46. The zero-order valence-electron chi connectivity index (χ0n) is 9.23. The van der Waals surface area contributed by atoms with E-state index in [-0.39, 0.29) is 5.56 Å². The molecule has 1 heterocycles. The molecule has 0 saturated carbocycles. The Labute approximate surface area is 125 Å². The molecule has 0 aliphatic rings. The number of carbonyl (C=O) groups is 1. The molecule has 0 saturated heterocycles. The van der Waals surface area contributed by atoms with Gasteiger partial charge in [-0.1, -0.05) is 23.4 Å². The van der Waals surface area contributed by atoms with Crippen LogP contribution >= 0.6 is 39.3 Å². The van der Waals surface area contributed by atoms with Crippen LogP contribution < -0.4 is 0 Å². The highest BCUT2D eigenvalue weighted by atomic mass is 79.9. The number of pyridine rings is 1. The third-order valence-corrected chi connectivity index (χ3v) is 4.00. The fourth-order valence-electron chi connectivity index (χ4n) is 1.32. The summed E-state index contributed by atoms with van der Waals surface area (Å²) in [5.41, 5.74) is -0.377. The van der Waals surface area contributed by atoms with Crippen molar-refractivity contribution in [3.63, 3.8) is 0 Å². The normalized spacial score (nSPS) is 10.5. The van der Waals surface area contributed by atoms with E-state index in [1.807, 2.05) is 0 Å². The summed E-state index contributed by atoms with van der Waals surface area (Å²) in [6, 6.07) is 5.52. The zero-order valence-corrected chi connectivity index (χ0v) is 12.4. The molecule has 2 aromatic rings. The summed E-state index contributed by atoms with van der Waals surface area (Å²) in [5, 5.41) is 9.80. The lowest BCUT2D eigenvalue weighted by molar-refractivity contribution is 0.0691. The molecule has 98 valence electrons. The van der Waals surface area contributed by atoms with Gasteiger partial charge in [0.25, 0.3) is 0 Å². The predicted octanol–water partition coefficient (Wildman–Crippen LogP) is 4.49. The summed E-state index contributed by atoms with van der Waals surface area (Å²) < 4.78 is 14.0. The van der Waals surface area contributed by atoms with Gasteiger partial charge in [-0.2, -0.15) is 0 Å². The van der Waals surface area contributed by atoms with Crippen LogP contribution in [0.25, 0.3) is 0 Å². The number of nitrogens with zero attached hydrogens (tertiary/aromatic N) is 1. The van der Waals surface area contributed by atoms with Gasteiger partial charge in [0, 0.05) is 15.6 Å². The largest absolute Gasteiger partial charge is 0.478 e. The van der Waals surface area contributed by atoms with Crippen LogP contribution in [0, 0.1) is 5.82 Å². The fourth-order valence-corrected chi connectivity index (χ4v) is 2.86. The monoisotopic (exact) mass is 361 g/mol. The fraction of sp³-hybridized carbons (Fsp3) is 0. The van der Waals surface area contributed by atoms with Crippen LogP contribution in [0.3, 0.4) is 0 Å². The molecule has 0 amide bonds. The molecule has 0 bridgehead atoms. The van der Waals surface area contributed by atoms with E-state index in [1.54, 1.807) is 12.3 Å². The number of hydrogen-bond acceptors (Lipinski definition) is 3. The first-order valence-corrected chi connectivity index (χ1v) is 6.98. The molecule has 1 aromatic carbocycles. The number of hydrogen-bond donors (Lipinski definition) is 1. The van der Waals surface area contributed by atoms with Crippen molar-refractivity contribution in [2.24, 2.45) is 0 Å². The van der Waals surface area contributed by atoms with E-state index in [1.165, 1.54) is 23.9 Å². The Morgan fingerprint density at radius 2 is 2.16 bits per heavy atom. The van der Waals surface area contributed by atoms with Gasteiger partial charge < -0.3 is 5.11 Å². The number of benzene rings is 1. The van der Waals surface area contributed by atoms with Crippen LogP contribution in [0.15, 0.2) is 44.9 Å². The highest BCUT2D eigenvalue weighted by Crippen LogP contribution is 2.33. The Balaban J connectivity index is 2.33. The highest BCUT2D eigenvalue weighted by molar-refractivity contribution is 9.10. The maximum absolute atomic E-state index is 13.3. The van der Waals surface area contributed by atoms with Crippen LogP contribution in [0.2, 0.25) is 5.02 Å². The predicted molar refractivity (Wildman–Crippen MR) is 74.4 cm³/mol. The lowest BCUT2D eigenvalue weighted by Gasteiger charge is -2.05. The Hall–Kier alpha value is -1.11. The number of aromatic nitrogens is 1. The number of rotatable bonds is 3. The summed E-state index contributed by atoms with van der Waals surface area (Å²) in [7, 11) is 0. The van der Waals surface area contributed by atoms with Gasteiger partial charge >= 0.3 is 5.97 Å². The van der Waals surface area contributed by atoms with Gasteiger partial charge in [0.15, 0.2) is 0 Å². The second-order valence-electron chi connectivity index (χ2n) is 3.49. The molecule has 1 aromatic heterocycles. The molecule has 0 unspecified atom stereocenters. The maximum atomic E-state index is 13.3. The lowest BCUT2D eigenvalue weighted by atomic mass is 10.2. The van der Waals surface area contributed by atoms with Gasteiger partial charge in [0.05, 0.1) is 10.6 Å². The summed E-state index contributed by atoms with van der Waals surface area (Å²) >= 11 is 10.4. The smallest absolute Gasteiger partial charge is 0.338 e. The number of carboxylic acid groups (broad SMARTS) is 1. The van der Waals surface area contributed by atoms with Gasteiger partial charge in [-0.05, 0) is 40.2 Å². The molecule has 19 heavy (non-hydrogen) atoms. The van der Waals surface area contributed by atoms with E-state index < -0.39 is 11.8 Å². The lowest BCUT2D eigenvalue weighted by Crippen LogP contribution is -2.00. The minimum Gasteiger partial charge on any atom is -0.478 e. The van der Waals surface area contributed by atoms with Crippen molar-refractivity contribution in [2.75, 3.05) is 0 Å². The molecule has 0 radical (unpaired) electrons. The van der Waals surface area contributed by atoms with E-state index in [4.69, 9.17) is 16.7 Å². The van der Waals surface area contributed by atoms with Crippen LogP contribution in [0.1, 0.15) is 10.4 Å². The average molecular weight is 363 g/mol. The van der Waals surface area contributed by atoms with Gasteiger partial charge in [-0.15, -0.1) is 0 Å². The van der Waals surface area contributed by atoms with Crippen LogP contribution in [0.4, 0.5) is 4.39 Å². The SMILES string of the molecule is O=C(O)c1cc(Sc2ncc(Br)cc2Cl)ccc1F. The van der Waals surface area contributed by atoms with Crippen LogP contribution in [0.5, 0.6) is 0 Å². The van der Waals surface area contributed by atoms with Gasteiger partial charge in [-0.3, -0.25) is 0 Å². The minimum absolute atomic E-state index is 0.377. The van der Waals surface area contributed by atoms with Crippen molar-refractivity contribution < 1.29 is 14.3 Å². The standard InChI is InChI=1S/C12H6BrClFNO2S/c13-6-3-9(14)11(16-5-6)19-7-1-2-10(15)8(4-7)12(17)18/h1-5H,(H,17,18). The molecule has 2 rings (SSSR count). The minimum atomic E-state index is -1.31. The van der Waals surface area contributed by atoms with E-state index in [9.17, 15) is 9.18 Å². The van der Waals surface area contributed by atoms with Crippen molar-refractivity contribution in [1.82, 2.24) is 4.98 Å². The molecule has 0 fully saturated rings. The summed E-state index contributed by atoms with van der Waals surface area (Å²) in [6.45, 7) is 0. The third-order valence-electron chi connectivity index (χ3n) is 2.16. The van der Waals surface area contributed by atoms with Crippen molar-refractivity contribution in [1.29, 1.82) is 0 Å². The highest BCUT2D eigenvalue weighted by Gasteiger charge is 2.12. The number of carboxylic acids is 1. The molecular weight excluding hydrogens is 357 g/mol. The first-order chi connectivity index (χ1) is 8.97. The van der Waals surface area contributed by atoms with E-state index in [0.29, 0.717) is 14.9 Å². The first-order valence-electron chi connectivity index (χ1n) is 4.99. The van der Waals surface area contributed by atoms with Crippen LogP contribution in [-0.2, 0) is 0 Å². The molecule has 3 nitrogen and oxygen atoms in total. The summed E-state index contributed by atoms with van der Waals surface area (Å²) in [4.78, 5) is 15.5. The Kier molecular flexibility index (Phi) is 4.44. The molecular formula is C12H6BrClFNO2S. The second kappa shape index (κ2) is 5.90. The van der Waals surface area contributed by atoms with Crippen molar-refractivity contribution in [2.45, 2.75) is 9.92 Å². The van der Waals surface area contributed by atoms with Gasteiger partial charge in [-0.25, -0.2) is 14.2 Å². The van der Waals surface area contributed by atoms with E-state index in [2.05, 4.69) is 20.9 Å². The Morgan fingerprint density at radius 3 is 2.79 bits per heavy atom. The van der Waals surface area contributed by atoms with Crippen molar-refractivity contribution >= 4 is 45.3 Å².